The molecule has 27 heavy (non-hydrogen) atoms. The molecule has 0 spiro atoms. The molecule has 1 heterocycles. The Morgan fingerprint density at radius 1 is 0.926 bits per heavy atom. The third-order valence-corrected chi connectivity index (χ3v) is 4.84. The van der Waals surface area contributed by atoms with E-state index in [-0.39, 0.29) is 33.1 Å². The van der Waals surface area contributed by atoms with Gasteiger partial charge in [0, 0.05) is 33.8 Å². The van der Waals surface area contributed by atoms with Gasteiger partial charge in [-0.1, -0.05) is 54.1 Å². The number of amides is 2. The van der Waals surface area contributed by atoms with E-state index in [2.05, 4.69) is 55.1 Å². The van der Waals surface area contributed by atoms with Crippen LogP contribution >= 0.6 is 0 Å². The molecule has 1 aliphatic heterocycles. The Morgan fingerprint density at radius 2 is 1.56 bits per heavy atom. The number of rotatable bonds is 3. The largest absolute Gasteiger partial charge is 0.327 e. The summed E-state index contributed by atoms with van der Waals surface area (Å²) < 4.78 is 0. The fraction of sp³-hybridized carbons (Fsp3) is 0.130. The minimum atomic E-state index is -0.141. The fourth-order valence-corrected chi connectivity index (χ4v) is 3.65. The second-order valence-corrected chi connectivity index (χ2v) is 6.68. The topological polar surface area (TPSA) is 32.3 Å². The van der Waals surface area contributed by atoms with Crippen molar-refractivity contribution in [2.45, 2.75) is 13.0 Å². The van der Waals surface area contributed by atoms with E-state index < -0.39 is 0 Å². The van der Waals surface area contributed by atoms with Gasteiger partial charge in [0.05, 0.1) is 6.04 Å². The zero-order valence-electron chi connectivity index (χ0n) is 15.3. The molecule has 1 aliphatic rings. The first kappa shape index (κ1) is 19.3. The molecule has 1 N–H and O–H groups in total. The minimum Gasteiger partial charge on any atom is -0.327 e. The van der Waals surface area contributed by atoms with Crippen LogP contribution in [0, 0.1) is 13.3 Å². The average Bonchev–Trinajstić information content (AvgIpc) is 2.66. The second-order valence-electron chi connectivity index (χ2n) is 6.68. The maximum absolute atomic E-state index is 12.5. The van der Waals surface area contributed by atoms with Crippen LogP contribution < -0.4 is 10.2 Å². The van der Waals surface area contributed by atoms with Gasteiger partial charge >= 0.3 is 6.03 Å². The van der Waals surface area contributed by atoms with Crippen LogP contribution in [0.5, 0.6) is 0 Å². The molecule has 136 valence electrons. The van der Waals surface area contributed by atoms with Crippen molar-refractivity contribution in [3.63, 3.8) is 0 Å². The van der Waals surface area contributed by atoms with Crippen LogP contribution in [0.4, 0.5) is 10.5 Å². The van der Waals surface area contributed by atoms with Gasteiger partial charge in [0.2, 0.25) is 0 Å². The first-order chi connectivity index (χ1) is 12.6. The number of anilines is 1. The summed E-state index contributed by atoms with van der Waals surface area (Å²) in [6.45, 7) is 2.07. The number of nitrogens with one attached hydrogen (secondary N) is 1. The van der Waals surface area contributed by atoms with Crippen molar-refractivity contribution in [2.24, 2.45) is 0 Å². The van der Waals surface area contributed by atoms with Gasteiger partial charge in [-0.2, -0.15) is 0 Å². The average molecular weight is 525 g/mol. The molecule has 0 saturated carbocycles. The Labute approximate surface area is 174 Å². The number of benzene rings is 3. The van der Waals surface area contributed by atoms with Gasteiger partial charge in [0.1, 0.15) is 0 Å². The summed E-state index contributed by atoms with van der Waals surface area (Å²) in [4.78, 5) is 14.2. The van der Waals surface area contributed by atoms with Crippen LogP contribution in [0.15, 0.2) is 72.8 Å². The zero-order valence-corrected chi connectivity index (χ0v) is 18.3. The molecule has 1 unspecified atom stereocenters. The van der Waals surface area contributed by atoms with E-state index in [1.165, 1.54) is 0 Å². The fourth-order valence-electron chi connectivity index (χ4n) is 3.65. The molecule has 3 nitrogen and oxygen atoms in total. The Balaban J connectivity index is 0.00000210. The van der Waals surface area contributed by atoms with E-state index in [1.807, 2.05) is 43.4 Å². The van der Waals surface area contributed by atoms with E-state index in [0.717, 1.165) is 33.5 Å². The molecule has 3 aromatic rings. The van der Waals surface area contributed by atoms with E-state index in [9.17, 15) is 4.79 Å². The van der Waals surface area contributed by atoms with Crippen molar-refractivity contribution in [3.05, 3.63) is 107 Å². The number of fused-ring (bicyclic) bond motifs is 1. The van der Waals surface area contributed by atoms with Gasteiger partial charge in [-0.05, 0) is 18.1 Å². The number of urea groups is 1. The van der Waals surface area contributed by atoms with Crippen LogP contribution in [0.3, 0.4) is 0 Å². The smallest absolute Gasteiger partial charge is 0.322 e. The van der Waals surface area contributed by atoms with Crippen molar-refractivity contribution in [1.29, 1.82) is 0 Å². The second kappa shape index (κ2) is 8.02. The van der Waals surface area contributed by atoms with Crippen molar-refractivity contribution < 1.29 is 25.9 Å². The maximum atomic E-state index is 12.5. The molecule has 4 rings (SSSR count). The molecule has 0 saturated heterocycles. The quantitative estimate of drug-likeness (QED) is 0.488. The number of aryl methyl sites for hydroxylation is 1. The van der Waals surface area contributed by atoms with Crippen molar-refractivity contribution in [2.75, 3.05) is 11.9 Å². The normalized spacial score (nSPS) is 15.4. The number of hydrogen-bond acceptors (Lipinski definition) is 1. The van der Waals surface area contributed by atoms with E-state index in [4.69, 9.17) is 0 Å². The number of hydrogen-bond donors (Lipinski definition) is 1. The molecule has 3 aromatic carbocycles. The Bertz CT molecular complexity index is 941. The molecule has 4 heteroatoms. The minimum absolute atomic E-state index is 0. The molecule has 0 bridgehead atoms. The van der Waals surface area contributed by atoms with Gasteiger partial charge in [-0.15, -0.1) is 41.8 Å². The zero-order chi connectivity index (χ0) is 18.1. The summed E-state index contributed by atoms with van der Waals surface area (Å²) in [6, 6.07) is 24.5. The number of carbonyl (C=O) groups is 1. The van der Waals surface area contributed by atoms with Crippen molar-refractivity contribution in [3.8, 4) is 0 Å². The molecule has 1 atom stereocenters. The number of carbonyl (C=O) groups excluding carboxylic acids is 1. The third-order valence-electron chi connectivity index (χ3n) is 4.84. The van der Waals surface area contributed by atoms with E-state index in [0.29, 0.717) is 0 Å². The summed E-state index contributed by atoms with van der Waals surface area (Å²) in [7, 11) is 1.82. The predicted molar refractivity (Wildman–Crippen MR) is 105 cm³/mol. The van der Waals surface area contributed by atoms with Crippen LogP contribution in [0.1, 0.15) is 33.9 Å². The molecular formula is C23H21N2OW-. The van der Waals surface area contributed by atoms with Gasteiger partial charge in [-0.3, -0.25) is 4.90 Å². The predicted octanol–water partition coefficient (Wildman–Crippen LogP) is 4.84. The Kier molecular flexibility index (Phi) is 5.72. The van der Waals surface area contributed by atoms with Crippen LogP contribution in [-0.2, 0) is 21.1 Å². The molecule has 0 aliphatic carbocycles. The monoisotopic (exact) mass is 525 g/mol. The SMILES string of the molecule is Cc1cc([CH-]c2ccccc2)cc2c1N(C)C(=O)NC2c1ccccc1.[W]. The summed E-state index contributed by atoms with van der Waals surface area (Å²) in [5, 5.41) is 3.13. The molecule has 2 amide bonds. The molecule has 0 fully saturated rings. The Morgan fingerprint density at radius 3 is 2.22 bits per heavy atom. The first-order valence-corrected chi connectivity index (χ1v) is 8.77. The van der Waals surface area contributed by atoms with Crippen LogP contribution in [-0.4, -0.2) is 13.1 Å². The molecular weight excluding hydrogens is 504 g/mol. The van der Waals surface area contributed by atoms with Gasteiger partial charge in [0.15, 0.2) is 0 Å². The van der Waals surface area contributed by atoms with E-state index in [1.54, 1.807) is 4.90 Å². The van der Waals surface area contributed by atoms with E-state index >= 15 is 0 Å². The molecule has 0 aromatic heterocycles. The molecule has 0 radical (unpaired) electrons. The van der Waals surface area contributed by atoms with Gasteiger partial charge < -0.3 is 5.32 Å². The standard InChI is InChI=1S/C23H21N2O.W/c1-16-13-18(14-17-9-5-3-6-10-17)15-20-21(19-11-7-4-8-12-19)24-23(26)25(2)22(16)20;/h3-15,21H,1-2H3,(H,24,26);/q-1;. The van der Waals surface area contributed by atoms with Gasteiger partial charge in [0.25, 0.3) is 0 Å². The van der Waals surface area contributed by atoms with Gasteiger partial charge in [-0.25, -0.2) is 4.79 Å². The summed E-state index contributed by atoms with van der Waals surface area (Å²) in [6.07, 6.45) is 2.17. The van der Waals surface area contributed by atoms with Crippen LogP contribution in [0.2, 0.25) is 0 Å². The summed E-state index contributed by atoms with van der Waals surface area (Å²) >= 11 is 0. The number of nitrogens with zero attached hydrogens (tertiary/aromatic N) is 1. The first-order valence-electron chi connectivity index (χ1n) is 8.77. The summed E-state index contributed by atoms with van der Waals surface area (Å²) in [5.41, 5.74) is 6.61. The van der Waals surface area contributed by atoms with Crippen molar-refractivity contribution in [1.82, 2.24) is 5.32 Å². The third kappa shape index (κ3) is 3.79. The summed E-state index contributed by atoms with van der Waals surface area (Å²) in [5.74, 6) is 0. The maximum Gasteiger partial charge on any atom is 0.322 e. The van der Waals surface area contributed by atoms with Crippen molar-refractivity contribution >= 4 is 11.7 Å². The van der Waals surface area contributed by atoms with Crippen LogP contribution in [0.25, 0.3) is 0 Å². The Hall–Kier alpha value is -2.51.